The van der Waals surface area contributed by atoms with Gasteiger partial charge in [-0.3, -0.25) is 0 Å². The Balaban J connectivity index is -0.0000000535. The van der Waals surface area contributed by atoms with E-state index in [4.69, 9.17) is 10.2 Å². The summed E-state index contributed by atoms with van der Waals surface area (Å²) in [5, 5.41) is 17.3. The van der Waals surface area contributed by atoms with Crippen molar-refractivity contribution in [1.29, 1.82) is 0 Å². The van der Waals surface area contributed by atoms with Crippen LogP contribution in [-0.4, -0.2) is 10.2 Å². The molecule has 0 unspecified atom stereocenters. The largest absolute Gasteiger partial charge is 0.508 e. The van der Waals surface area contributed by atoms with Gasteiger partial charge in [0.1, 0.15) is 11.5 Å². The van der Waals surface area contributed by atoms with E-state index in [1.165, 1.54) is 19.3 Å². The van der Waals surface area contributed by atoms with E-state index in [0.29, 0.717) is 11.5 Å². The molecule has 0 amide bonds. The van der Waals surface area contributed by atoms with Gasteiger partial charge >= 0.3 is 0 Å². The third-order valence-corrected chi connectivity index (χ3v) is 2.18. The van der Waals surface area contributed by atoms with Crippen LogP contribution in [0.5, 0.6) is 11.5 Å². The highest BCUT2D eigenvalue weighted by Gasteiger charge is 1.75. The first-order valence-electron chi connectivity index (χ1n) is 12.5. The van der Waals surface area contributed by atoms with Crippen molar-refractivity contribution in [2.45, 2.75) is 103 Å². The molecule has 2 N–H and O–H groups in total. The van der Waals surface area contributed by atoms with E-state index >= 15 is 0 Å². The van der Waals surface area contributed by atoms with Crippen LogP contribution in [0.4, 0.5) is 0 Å². The molecule has 2 heteroatoms. The second-order valence-corrected chi connectivity index (χ2v) is 5.95. The molecular formula is C33H62O2. The van der Waals surface area contributed by atoms with Gasteiger partial charge in [-0.05, 0) is 24.3 Å². The molecule has 0 fully saturated rings. The van der Waals surface area contributed by atoms with Crippen LogP contribution >= 0.6 is 0 Å². The standard InChI is InChI=1S/2C6H6O.C6H6.3C3H8.2C2H6.2CH4/c2*7-6-4-2-1-3-5-6;1-2-4-6-5-3-1;3*1-3-2;2*1-2;;/h2*1-5,7H;1-6H;3*3H2,1-2H3;2*1-2H3;2*1H4. The second-order valence-electron chi connectivity index (χ2n) is 5.95. The summed E-state index contributed by atoms with van der Waals surface area (Å²) in [6.45, 7) is 20.8. The molecule has 3 rings (SSSR count). The molecule has 35 heavy (non-hydrogen) atoms. The molecule has 0 bridgehead atoms. The fourth-order valence-corrected chi connectivity index (χ4v) is 1.24. The molecular weight excluding hydrogens is 428 g/mol. The predicted octanol–water partition coefficient (Wildman–Crippen LogP) is 12.0. The van der Waals surface area contributed by atoms with Gasteiger partial charge in [-0.15, -0.1) is 0 Å². The molecule has 0 radical (unpaired) electrons. The summed E-state index contributed by atoms with van der Waals surface area (Å²) in [5.41, 5.74) is 0. The van der Waals surface area contributed by atoms with Crippen molar-refractivity contribution in [3.63, 3.8) is 0 Å². The van der Waals surface area contributed by atoms with Crippen LogP contribution in [0.3, 0.4) is 0 Å². The lowest BCUT2D eigenvalue weighted by molar-refractivity contribution is 0.475. The maximum Gasteiger partial charge on any atom is 0.115 e. The Bertz CT molecular complexity index is 512. The Morgan fingerprint density at radius 1 is 0.371 bits per heavy atom. The molecule has 0 aliphatic rings. The molecule has 3 aromatic rings. The highest BCUT2D eigenvalue weighted by molar-refractivity contribution is 5.19. The van der Waals surface area contributed by atoms with Crippen LogP contribution in [0.25, 0.3) is 0 Å². The quantitative estimate of drug-likeness (QED) is 0.329. The predicted molar refractivity (Wildman–Crippen MR) is 167 cm³/mol. The van der Waals surface area contributed by atoms with Gasteiger partial charge in [0.05, 0.1) is 0 Å². The zero-order valence-corrected chi connectivity index (χ0v) is 23.3. The topological polar surface area (TPSA) is 40.5 Å². The number of hydrogen-bond acceptors (Lipinski definition) is 2. The van der Waals surface area contributed by atoms with Crippen LogP contribution in [0.15, 0.2) is 97.1 Å². The normalized spacial score (nSPS) is 6.69. The summed E-state index contributed by atoms with van der Waals surface area (Å²) in [6.07, 6.45) is 3.75. The van der Waals surface area contributed by atoms with Gasteiger partial charge in [-0.2, -0.15) is 0 Å². The van der Waals surface area contributed by atoms with E-state index in [1.54, 1.807) is 48.5 Å². The van der Waals surface area contributed by atoms with Crippen LogP contribution < -0.4 is 0 Å². The van der Waals surface area contributed by atoms with Crippen molar-refractivity contribution in [3.8, 4) is 11.5 Å². The summed E-state index contributed by atoms with van der Waals surface area (Å²) in [5.74, 6) is 0.644. The third kappa shape index (κ3) is 72.1. The van der Waals surface area contributed by atoms with E-state index in [2.05, 4.69) is 41.5 Å². The molecule has 0 spiro atoms. The van der Waals surface area contributed by atoms with Gasteiger partial charge in [0.2, 0.25) is 0 Å². The molecule has 0 aromatic heterocycles. The average molecular weight is 491 g/mol. The number of hydrogen-bond donors (Lipinski definition) is 2. The van der Waals surface area contributed by atoms with Gasteiger partial charge in [0.25, 0.3) is 0 Å². The summed E-state index contributed by atoms with van der Waals surface area (Å²) in [7, 11) is 0. The van der Waals surface area contributed by atoms with Crippen molar-refractivity contribution < 1.29 is 10.2 Å². The van der Waals surface area contributed by atoms with Crippen LogP contribution in [0, 0.1) is 0 Å². The summed E-state index contributed by atoms with van der Waals surface area (Å²) >= 11 is 0. The minimum Gasteiger partial charge on any atom is -0.508 e. The molecule has 206 valence electrons. The Morgan fingerprint density at radius 3 is 0.571 bits per heavy atom. The zero-order valence-electron chi connectivity index (χ0n) is 23.3. The highest BCUT2D eigenvalue weighted by Crippen LogP contribution is 2.03. The molecule has 0 heterocycles. The van der Waals surface area contributed by atoms with Gasteiger partial charge in [-0.1, -0.05) is 176 Å². The lowest BCUT2D eigenvalue weighted by Gasteiger charge is -1.82. The highest BCUT2D eigenvalue weighted by atomic mass is 16.3. The summed E-state index contributed by atoms with van der Waals surface area (Å²) in [6, 6.07) is 29.4. The van der Waals surface area contributed by atoms with Gasteiger partial charge in [0, 0.05) is 0 Å². The zero-order chi connectivity index (χ0) is 26.6. The molecule has 0 atom stereocenters. The Labute approximate surface area is 222 Å². The molecule has 0 aliphatic heterocycles. The molecule has 3 aromatic carbocycles. The third-order valence-electron chi connectivity index (χ3n) is 2.18. The minimum atomic E-state index is 0. The first kappa shape index (κ1) is 49.4. The van der Waals surface area contributed by atoms with Crippen molar-refractivity contribution >= 4 is 0 Å². The monoisotopic (exact) mass is 490 g/mol. The maximum atomic E-state index is 8.63. The number of phenols is 2. The molecule has 0 aliphatic carbocycles. The van der Waals surface area contributed by atoms with Crippen molar-refractivity contribution in [1.82, 2.24) is 0 Å². The molecule has 2 nitrogen and oxygen atoms in total. The van der Waals surface area contributed by atoms with Crippen molar-refractivity contribution in [3.05, 3.63) is 97.1 Å². The second kappa shape index (κ2) is 57.8. The smallest absolute Gasteiger partial charge is 0.115 e. The first-order chi connectivity index (χ1) is 16.0. The number of rotatable bonds is 0. The lowest BCUT2D eigenvalue weighted by Crippen LogP contribution is -1.56. The maximum absolute atomic E-state index is 8.63. The van der Waals surface area contributed by atoms with Gasteiger partial charge in [0.15, 0.2) is 0 Å². The van der Waals surface area contributed by atoms with Crippen molar-refractivity contribution in [2.75, 3.05) is 0 Å². The van der Waals surface area contributed by atoms with Crippen LogP contribution in [-0.2, 0) is 0 Å². The SMILES string of the molecule is C.C.CC.CC.CCC.CCC.CCC.Oc1ccccc1.Oc1ccccc1.c1ccccc1. The van der Waals surface area contributed by atoms with E-state index in [0.717, 1.165) is 0 Å². The summed E-state index contributed by atoms with van der Waals surface area (Å²) in [4.78, 5) is 0. The number of benzene rings is 3. The fraction of sp³-hybridized carbons (Fsp3) is 0.455. The number of phenolic OH excluding ortho intramolecular Hbond substituents is 2. The Kier molecular flexibility index (Phi) is 81.5. The van der Waals surface area contributed by atoms with E-state index in [-0.39, 0.29) is 14.9 Å². The molecule has 0 saturated heterocycles. The average Bonchev–Trinajstić information content (AvgIpc) is 2.86. The van der Waals surface area contributed by atoms with Gasteiger partial charge in [-0.25, -0.2) is 0 Å². The van der Waals surface area contributed by atoms with E-state index in [1.807, 2.05) is 76.2 Å². The molecule has 0 saturated carbocycles. The van der Waals surface area contributed by atoms with Gasteiger partial charge < -0.3 is 10.2 Å². The van der Waals surface area contributed by atoms with E-state index in [9.17, 15) is 0 Å². The number of para-hydroxylation sites is 2. The number of aromatic hydroxyl groups is 2. The van der Waals surface area contributed by atoms with Crippen molar-refractivity contribution in [2.24, 2.45) is 0 Å². The van der Waals surface area contributed by atoms with E-state index < -0.39 is 0 Å². The summed E-state index contributed by atoms with van der Waals surface area (Å²) < 4.78 is 0. The van der Waals surface area contributed by atoms with Crippen LogP contribution in [0.2, 0.25) is 0 Å². The Hall–Kier alpha value is -2.74. The first-order valence-corrected chi connectivity index (χ1v) is 12.5. The van der Waals surface area contributed by atoms with Crippen LogP contribution in [0.1, 0.15) is 103 Å². The Morgan fingerprint density at radius 2 is 0.486 bits per heavy atom. The fourth-order valence-electron chi connectivity index (χ4n) is 1.24. The lowest BCUT2D eigenvalue weighted by atomic mass is 10.3. The minimum absolute atomic E-state index is 0.